The molecule has 0 aliphatic rings. The van der Waals surface area contributed by atoms with Gasteiger partial charge in [-0.25, -0.2) is 13.2 Å². The fourth-order valence-electron chi connectivity index (χ4n) is 4.64. The van der Waals surface area contributed by atoms with E-state index in [1.54, 1.807) is 48.6 Å². The van der Waals surface area contributed by atoms with Crippen molar-refractivity contribution in [2.75, 3.05) is 21.3 Å². The van der Waals surface area contributed by atoms with Crippen molar-refractivity contribution in [3.8, 4) is 11.5 Å². The number of carbonyl (C=O) groups is 2. The maximum Gasteiger partial charge on any atom is 0.342 e. The Bertz CT molecular complexity index is 1410. The number of hydrogen-bond acceptors (Lipinski definition) is 8. The minimum absolute atomic E-state index is 0.0253. The molecule has 0 spiro atoms. The Hall–Kier alpha value is -2.95. The first-order valence-corrected chi connectivity index (χ1v) is 19.5. The Labute approximate surface area is 265 Å². The molecule has 2 aromatic rings. The lowest BCUT2D eigenvalue weighted by atomic mass is 10.0. The quantitative estimate of drug-likeness (QED) is 0.136. The van der Waals surface area contributed by atoms with Crippen molar-refractivity contribution < 1.29 is 36.6 Å². The highest BCUT2D eigenvalue weighted by Gasteiger charge is 2.38. The molecular formula is C34H50O8SSi. The minimum atomic E-state index is -3.93. The number of aryl methyl sites for hydroxylation is 1. The van der Waals surface area contributed by atoms with Crippen molar-refractivity contribution in [3.05, 3.63) is 59.2 Å². The van der Waals surface area contributed by atoms with Gasteiger partial charge in [0, 0.05) is 18.6 Å². The summed E-state index contributed by atoms with van der Waals surface area (Å²) in [5, 5.41) is -1.13. The summed E-state index contributed by atoms with van der Waals surface area (Å²) in [7, 11) is -1.65. The fraction of sp³-hybridized carbons (Fsp3) is 0.529. The van der Waals surface area contributed by atoms with E-state index in [0.717, 1.165) is 5.56 Å². The van der Waals surface area contributed by atoms with E-state index >= 15 is 0 Å². The van der Waals surface area contributed by atoms with Crippen LogP contribution in [0.25, 0.3) is 6.08 Å². The van der Waals surface area contributed by atoms with Gasteiger partial charge in [-0.3, -0.25) is 4.79 Å². The van der Waals surface area contributed by atoms with Crippen LogP contribution in [0.3, 0.4) is 0 Å². The summed E-state index contributed by atoms with van der Waals surface area (Å²) in [5.74, 6) is -0.115. The number of Topliss-reactive ketones (excluding diaryl/α,β-unsaturated/α-hetero) is 1. The molecule has 2 rings (SSSR count). The molecule has 0 aliphatic carbocycles. The second kappa shape index (κ2) is 15.9. The first-order chi connectivity index (χ1) is 20.5. The maximum atomic E-state index is 13.7. The lowest BCUT2D eigenvalue weighted by molar-refractivity contribution is -0.118. The molecule has 10 heteroatoms. The SMILES string of the molecule is COC(=O)c1c(/C=C/CCC(C(=O)CCCC(C)O[Si](C)(C)C(C)(C)C)S(=O)(=O)c2ccc(C)cc2)cc(OC)cc1OC. The average Bonchev–Trinajstić information content (AvgIpc) is 2.95. The summed E-state index contributed by atoms with van der Waals surface area (Å²) < 4.78 is 49.6. The van der Waals surface area contributed by atoms with Crippen LogP contribution in [0.4, 0.5) is 0 Å². The highest BCUT2D eigenvalue weighted by molar-refractivity contribution is 7.92. The van der Waals surface area contributed by atoms with Crippen molar-refractivity contribution in [1.29, 1.82) is 0 Å². The summed E-state index contributed by atoms with van der Waals surface area (Å²) in [6, 6.07) is 9.84. The second-order valence-electron chi connectivity index (χ2n) is 12.7. The van der Waals surface area contributed by atoms with Gasteiger partial charge in [0.1, 0.15) is 22.3 Å². The van der Waals surface area contributed by atoms with E-state index in [9.17, 15) is 18.0 Å². The van der Waals surface area contributed by atoms with Crippen LogP contribution in [0, 0.1) is 6.92 Å². The monoisotopic (exact) mass is 646 g/mol. The predicted molar refractivity (Wildman–Crippen MR) is 178 cm³/mol. The molecule has 0 saturated carbocycles. The standard InChI is InChI=1S/C34H50O8SSi/c1-24-18-20-28(21-19-24)43(37,38)31(29(35)16-13-14-25(2)42-44(9,10)34(3,4)5)17-12-11-15-26-22-27(39-6)23-30(40-7)32(26)33(36)41-8/h11,15,18-23,25,31H,12-14,16-17H2,1-10H3/b15-11+. The van der Waals surface area contributed by atoms with Gasteiger partial charge in [0.15, 0.2) is 23.9 Å². The molecule has 2 aromatic carbocycles. The van der Waals surface area contributed by atoms with Crippen LogP contribution in [-0.2, 0) is 23.8 Å². The molecule has 2 atom stereocenters. The molecule has 8 nitrogen and oxygen atoms in total. The zero-order chi connectivity index (χ0) is 33.3. The van der Waals surface area contributed by atoms with E-state index in [1.165, 1.54) is 21.3 Å². The highest BCUT2D eigenvalue weighted by Crippen LogP contribution is 2.38. The number of ketones is 1. The van der Waals surface area contributed by atoms with Crippen LogP contribution in [0.1, 0.15) is 81.3 Å². The molecular weight excluding hydrogens is 597 g/mol. The van der Waals surface area contributed by atoms with E-state index in [2.05, 4.69) is 33.9 Å². The molecule has 44 heavy (non-hydrogen) atoms. The first kappa shape index (κ1) is 37.2. The molecule has 0 aliphatic heterocycles. The van der Waals surface area contributed by atoms with Crippen molar-refractivity contribution in [3.63, 3.8) is 0 Å². The number of sulfone groups is 1. The van der Waals surface area contributed by atoms with E-state index in [-0.39, 0.29) is 52.4 Å². The summed E-state index contributed by atoms with van der Waals surface area (Å²) in [6.07, 6.45) is 5.15. The van der Waals surface area contributed by atoms with Gasteiger partial charge >= 0.3 is 5.97 Å². The Morgan fingerprint density at radius 3 is 2.16 bits per heavy atom. The van der Waals surface area contributed by atoms with Crippen LogP contribution in [0.15, 0.2) is 47.4 Å². The average molecular weight is 647 g/mol. The van der Waals surface area contributed by atoms with Gasteiger partial charge in [0.25, 0.3) is 0 Å². The number of rotatable bonds is 16. The normalized spacial score (nSPS) is 13.9. The number of carbonyl (C=O) groups excluding carboxylic acids is 2. The molecule has 0 bridgehead atoms. The van der Waals surface area contributed by atoms with Crippen LogP contribution in [0.5, 0.6) is 11.5 Å². The molecule has 0 amide bonds. The van der Waals surface area contributed by atoms with E-state index < -0.39 is 29.4 Å². The lowest BCUT2D eigenvalue weighted by Crippen LogP contribution is -2.43. The molecule has 2 unspecified atom stereocenters. The Morgan fingerprint density at radius 1 is 0.977 bits per heavy atom. The van der Waals surface area contributed by atoms with E-state index in [1.807, 2.05) is 13.8 Å². The van der Waals surface area contributed by atoms with Crippen LogP contribution in [0.2, 0.25) is 18.1 Å². The Balaban J connectivity index is 2.27. The van der Waals surface area contributed by atoms with Gasteiger partial charge in [-0.1, -0.05) is 50.6 Å². The zero-order valence-electron chi connectivity index (χ0n) is 28.0. The second-order valence-corrected chi connectivity index (χ2v) is 19.5. The summed E-state index contributed by atoms with van der Waals surface area (Å²) in [5.41, 5.74) is 1.65. The minimum Gasteiger partial charge on any atom is -0.497 e. The summed E-state index contributed by atoms with van der Waals surface area (Å²) in [6.45, 7) is 14.9. The number of hydrogen-bond donors (Lipinski definition) is 0. The molecule has 0 aromatic heterocycles. The molecule has 0 N–H and O–H groups in total. The topological polar surface area (TPSA) is 105 Å². The van der Waals surface area contributed by atoms with Crippen LogP contribution >= 0.6 is 0 Å². The number of esters is 1. The van der Waals surface area contributed by atoms with E-state index in [4.69, 9.17) is 18.6 Å². The lowest BCUT2D eigenvalue weighted by Gasteiger charge is -2.38. The largest absolute Gasteiger partial charge is 0.497 e. The van der Waals surface area contributed by atoms with Gasteiger partial charge in [0.05, 0.1) is 26.2 Å². The fourth-order valence-corrected chi connectivity index (χ4v) is 7.88. The number of benzene rings is 2. The molecule has 244 valence electrons. The van der Waals surface area contributed by atoms with Crippen LogP contribution in [-0.4, -0.2) is 61.2 Å². The van der Waals surface area contributed by atoms with Gasteiger partial charge < -0.3 is 18.6 Å². The Kier molecular flexibility index (Phi) is 13.4. The van der Waals surface area contributed by atoms with Crippen molar-refractivity contribution in [2.24, 2.45) is 0 Å². The third-order valence-electron chi connectivity index (χ3n) is 8.26. The third kappa shape index (κ3) is 9.77. The molecule has 0 radical (unpaired) electrons. The first-order valence-electron chi connectivity index (χ1n) is 15.0. The number of methoxy groups -OCH3 is 3. The van der Waals surface area contributed by atoms with Crippen molar-refractivity contribution in [1.82, 2.24) is 0 Å². The smallest absolute Gasteiger partial charge is 0.342 e. The predicted octanol–water partition coefficient (Wildman–Crippen LogP) is 7.58. The molecule has 0 saturated heterocycles. The van der Waals surface area contributed by atoms with Gasteiger partial charge in [-0.2, -0.15) is 0 Å². The highest BCUT2D eigenvalue weighted by atomic mass is 32.2. The van der Waals surface area contributed by atoms with Crippen molar-refractivity contribution >= 4 is 36.0 Å². The Morgan fingerprint density at radius 2 is 1.61 bits per heavy atom. The van der Waals surface area contributed by atoms with Crippen LogP contribution < -0.4 is 9.47 Å². The zero-order valence-corrected chi connectivity index (χ0v) is 29.8. The third-order valence-corrected chi connectivity index (χ3v) is 15.0. The molecule has 0 fully saturated rings. The summed E-state index contributed by atoms with van der Waals surface area (Å²) >= 11 is 0. The number of ether oxygens (including phenoxy) is 3. The van der Waals surface area contributed by atoms with Gasteiger partial charge in [-0.15, -0.1) is 0 Å². The maximum absolute atomic E-state index is 13.7. The van der Waals surface area contributed by atoms with Crippen molar-refractivity contribution in [2.45, 2.75) is 101 Å². The van der Waals surface area contributed by atoms with Gasteiger partial charge in [-0.05, 0) is 81.4 Å². The van der Waals surface area contributed by atoms with E-state index in [0.29, 0.717) is 24.2 Å². The number of allylic oxidation sites excluding steroid dienone is 1. The summed E-state index contributed by atoms with van der Waals surface area (Å²) in [4.78, 5) is 26.2. The molecule has 0 heterocycles. The van der Waals surface area contributed by atoms with Gasteiger partial charge in [0.2, 0.25) is 0 Å².